The van der Waals surface area contributed by atoms with Crippen molar-refractivity contribution >= 4 is 67.6 Å². The monoisotopic (exact) mass is 433 g/mol. The number of nitrogens with zero attached hydrogens (tertiary/aromatic N) is 1. The van der Waals surface area contributed by atoms with Crippen LogP contribution in [0.2, 0.25) is 5.02 Å². The van der Waals surface area contributed by atoms with E-state index in [-0.39, 0.29) is 11.0 Å². The lowest BCUT2D eigenvalue weighted by Gasteiger charge is -2.04. The lowest BCUT2D eigenvalue weighted by Crippen LogP contribution is -2.32. The van der Waals surface area contributed by atoms with Gasteiger partial charge in [-0.05, 0) is 42.1 Å². The fourth-order valence-electron chi connectivity index (χ4n) is 2.31. The Kier molecular flexibility index (Phi) is 6.45. The Morgan fingerprint density at radius 1 is 1.21 bits per heavy atom. The Hall–Kier alpha value is -2.68. The van der Waals surface area contributed by atoms with E-state index in [1.165, 1.54) is 17.4 Å². The number of hydrogen-bond acceptors (Lipinski definition) is 6. The maximum Gasteiger partial charge on any atom is 0.250 e. The van der Waals surface area contributed by atoms with Crippen LogP contribution in [0.25, 0.3) is 16.3 Å². The molecule has 0 unspecified atom stereocenters. The average molecular weight is 434 g/mol. The van der Waals surface area contributed by atoms with E-state index in [9.17, 15) is 4.79 Å². The molecule has 6 nitrogen and oxygen atoms in total. The third-order valence-electron chi connectivity index (χ3n) is 3.66. The highest BCUT2D eigenvalue weighted by atomic mass is 35.5. The molecule has 9 heteroatoms. The molecule has 28 heavy (non-hydrogen) atoms. The molecule has 0 aliphatic carbocycles. The van der Waals surface area contributed by atoms with E-state index >= 15 is 0 Å². The minimum atomic E-state index is -0.348. The molecule has 1 heterocycles. The van der Waals surface area contributed by atoms with Gasteiger partial charge in [-0.1, -0.05) is 35.1 Å². The number of halogens is 1. The van der Waals surface area contributed by atoms with Crippen molar-refractivity contribution in [3.8, 4) is 11.5 Å². The lowest BCUT2D eigenvalue weighted by molar-refractivity contribution is -0.115. The summed E-state index contributed by atoms with van der Waals surface area (Å²) in [6.07, 6.45) is 3.09. The molecule has 1 aromatic heterocycles. The normalized spacial score (nSPS) is 10.8. The smallest absolute Gasteiger partial charge is 0.250 e. The standard InChI is InChI=1S/C19H16ClN3O3S2/c1-25-12-6-3-11(4-7-12)5-8-17(24)22-18(27)23-19-21-14-9-13(20)15(26-2)10-16(14)28-19/h3-10H,1-2H3,(H2,21,22,23,24,27)/b8-5+. The van der Waals surface area contributed by atoms with Crippen LogP contribution < -0.4 is 20.1 Å². The summed E-state index contributed by atoms with van der Waals surface area (Å²) in [4.78, 5) is 16.4. The second kappa shape index (κ2) is 9.01. The number of benzene rings is 2. The molecule has 3 rings (SSSR count). The summed E-state index contributed by atoms with van der Waals surface area (Å²) in [5, 5.41) is 6.67. The van der Waals surface area contributed by atoms with Crippen LogP contribution in [0.15, 0.2) is 42.5 Å². The quantitative estimate of drug-likeness (QED) is 0.456. The number of methoxy groups -OCH3 is 2. The van der Waals surface area contributed by atoms with Gasteiger partial charge in [-0.2, -0.15) is 0 Å². The van der Waals surface area contributed by atoms with Crippen LogP contribution in [-0.4, -0.2) is 30.2 Å². The van der Waals surface area contributed by atoms with Crippen molar-refractivity contribution in [1.82, 2.24) is 10.3 Å². The summed E-state index contributed by atoms with van der Waals surface area (Å²) in [5.41, 5.74) is 1.58. The predicted molar refractivity (Wildman–Crippen MR) is 118 cm³/mol. The highest BCUT2D eigenvalue weighted by Crippen LogP contribution is 2.34. The van der Waals surface area contributed by atoms with E-state index in [1.807, 2.05) is 24.3 Å². The Balaban J connectivity index is 1.60. The van der Waals surface area contributed by atoms with Gasteiger partial charge >= 0.3 is 0 Å². The summed E-state index contributed by atoms with van der Waals surface area (Å²) in [6.45, 7) is 0. The van der Waals surface area contributed by atoms with E-state index in [0.717, 1.165) is 16.0 Å². The van der Waals surface area contributed by atoms with Gasteiger partial charge in [0.1, 0.15) is 11.5 Å². The van der Waals surface area contributed by atoms with Crippen LogP contribution in [0, 0.1) is 0 Å². The number of carbonyl (C=O) groups excluding carboxylic acids is 1. The first kappa shape index (κ1) is 20.1. The van der Waals surface area contributed by atoms with E-state index in [4.69, 9.17) is 33.3 Å². The van der Waals surface area contributed by atoms with Crippen molar-refractivity contribution in [2.24, 2.45) is 0 Å². The second-order valence-electron chi connectivity index (χ2n) is 5.52. The Morgan fingerprint density at radius 2 is 1.96 bits per heavy atom. The number of rotatable bonds is 5. The topological polar surface area (TPSA) is 72.5 Å². The highest BCUT2D eigenvalue weighted by Gasteiger charge is 2.10. The first-order valence-corrected chi connectivity index (χ1v) is 9.67. The number of anilines is 1. The molecular formula is C19H16ClN3O3S2. The third kappa shape index (κ3) is 4.98. The maximum atomic E-state index is 12.0. The minimum Gasteiger partial charge on any atom is -0.497 e. The van der Waals surface area contributed by atoms with Gasteiger partial charge in [0.25, 0.3) is 0 Å². The molecule has 0 bridgehead atoms. The Morgan fingerprint density at radius 3 is 2.64 bits per heavy atom. The molecule has 144 valence electrons. The van der Waals surface area contributed by atoms with E-state index in [2.05, 4.69) is 15.6 Å². The number of ether oxygens (including phenoxy) is 2. The molecule has 0 spiro atoms. The number of fused-ring (bicyclic) bond motifs is 1. The van der Waals surface area contributed by atoms with Gasteiger partial charge in [-0.3, -0.25) is 10.1 Å². The number of thiazole rings is 1. The van der Waals surface area contributed by atoms with Gasteiger partial charge in [0, 0.05) is 12.1 Å². The molecule has 0 aliphatic rings. The van der Waals surface area contributed by atoms with Gasteiger partial charge in [0.2, 0.25) is 5.91 Å². The highest BCUT2D eigenvalue weighted by molar-refractivity contribution is 7.80. The first-order valence-electron chi connectivity index (χ1n) is 8.06. The lowest BCUT2D eigenvalue weighted by atomic mass is 10.2. The van der Waals surface area contributed by atoms with E-state index < -0.39 is 0 Å². The molecule has 3 aromatic rings. The third-order valence-corrected chi connectivity index (χ3v) is 5.10. The van der Waals surface area contributed by atoms with Gasteiger partial charge in [-0.15, -0.1) is 0 Å². The van der Waals surface area contributed by atoms with Gasteiger partial charge in [0.15, 0.2) is 10.2 Å². The van der Waals surface area contributed by atoms with Crippen LogP contribution in [0.5, 0.6) is 11.5 Å². The molecule has 0 saturated heterocycles. The molecule has 0 atom stereocenters. The molecule has 2 N–H and O–H groups in total. The number of carbonyl (C=O) groups is 1. The summed E-state index contributed by atoms with van der Waals surface area (Å²) in [6, 6.07) is 10.9. The molecule has 0 radical (unpaired) electrons. The summed E-state index contributed by atoms with van der Waals surface area (Å²) < 4.78 is 11.2. The van der Waals surface area contributed by atoms with Crippen LogP contribution in [0.3, 0.4) is 0 Å². The zero-order valence-electron chi connectivity index (χ0n) is 15.0. The minimum absolute atomic E-state index is 0.154. The number of nitrogens with one attached hydrogen (secondary N) is 2. The van der Waals surface area contributed by atoms with Crippen molar-refractivity contribution in [1.29, 1.82) is 0 Å². The maximum absolute atomic E-state index is 12.0. The van der Waals surface area contributed by atoms with Gasteiger partial charge < -0.3 is 14.8 Å². The average Bonchev–Trinajstić information content (AvgIpc) is 3.06. The van der Waals surface area contributed by atoms with E-state index in [0.29, 0.717) is 21.4 Å². The van der Waals surface area contributed by atoms with Gasteiger partial charge in [0.05, 0.1) is 29.5 Å². The second-order valence-corrected chi connectivity index (χ2v) is 7.37. The first-order chi connectivity index (χ1) is 13.5. The number of thiocarbonyl (C=S) groups is 1. The molecular weight excluding hydrogens is 418 g/mol. The fourth-order valence-corrected chi connectivity index (χ4v) is 3.69. The zero-order chi connectivity index (χ0) is 20.1. The number of aromatic nitrogens is 1. The number of amides is 1. The van der Waals surface area contributed by atoms with Crippen molar-refractivity contribution < 1.29 is 14.3 Å². The molecule has 0 saturated carbocycles. The number of hydrogen-bond donors (Lipinski definition) is 2. The summed E-state index contributed by atoms with van der Waals surface area (Å²) in [5.74, 6) is 0.977. The largest absolute Gasteiger partial charge is 0.497 e. The molecule has 1 amide bonds. The van der Waals surface area contributed by atoms with Crippen molar-refractivity contribution in [2.75, 3.05) is 19.5 Å². The Labute approximate surface area is 176 Å². The van der Waals surface area contributed by atoms with Crippen LogP contribution in [-0.2, 0) is 4.79 Å². The van der Waals surface area contributed by atoms with Crippen molar-refractivity contribution in [2.45, 2.75) is 0 Å². The molecule has 0 fully saturated rings. The van der Waals surface area contributed by atoms with Crippen molar-refractivity contribution in [3.05, 3.63) is 53.1 Å². The van der Waals surface area contributed by atoms with Crippen LogP contribution >= 0.6 is 35.2 Å². The van der Waals surface area contributed by atoms with Gasteiger partial charge in [-0.25, -0.2) is 4.98 Å². The SMILES string of the molecule is COc1ccc(/C=C/C(=O)NC(=S)Nc2nc3cc(Cl)c(OC)cc3s2)cc1. The van der Waals surface area contributed by atoms with Crippen LogP contribution in [0.1, 0.15) is 5.56 Å². The zero-order valence-corrected chi connectivity index (χ0v) is 17.4. The van der Waals surface area contributed by atoms with E-state index in [1.54, 1.807) is 32.4 Å². The predicted octanol–water partition coefficient (Wildman–Crippen LogP) is 4.49. The Bertz CT molecular complexity index is 1050. The summed E-state index contributed by atoms with van der Waals surface area (Å²) in [7, 11) is 3.15. The van der Waals surface area contributed by atoms with Crippen molar-refractivity contribution in [3.63, 3.8) is 0 Å². The molecule has 0 aliphatic heterocycles. The molecule has 2 aromatic carbocycles. The summed E-state index contributed by atoms with van der Waals surface area (Å²) >= 11 is 12.7. The van der Waals surface area contributed by atoms with Crippen LogP contribution in [0.4, 0.5) is 5.13 Å². The fraction of sp³-hybridized carbons (Fsp3) is 0.105.